The second-order valence-corrected chi connectivity index (χ2v) is 6.80. The van der Waals surface area contributed by atoms with E-state index in [9.17, 15) is 9.59 Å². The minimum Gasteiger partial charge on any atom is -0.350 e. The molecule has 130 valence electrons. The van der Waals surface area contributed by atoms with Crippen molar-refractivity contribution in [2.75, 3.05) is 0 Å². The number of hydrogen-bond donors (Lipinski definition) is 1. The van der Waals surface area contributed by atoms with Crippen molar-refractivity contribution < 1.29 is 9.59 Å². The van der Waals surface area contributed by atoms with Crippen LogP contribution in [0.2, 0.25) is 5.02 Å². The maximum absolute atomic E-state index is 12.8. The van der Waals surface area contributed by atoms with Crippen molar-refractivity contribution in [1.29, 1.82) is 0 Å². The van der Waals surface area contributed by atoms with E-state index in [0.717, 1.165) is 11.1 Å². The molecular formula is C19H20ClN3O2. The molecule has 1 aliphatic heterocycles. The highest BCUT2D eigenvalue weighted by atomic mass is 35.5. The first kappa shape index (κ1) is 17.4. The number of carbonyl (C=O) groups excluding carboxylic acids is 2. The third-order valence-corrected chi connectivity index (χ3v) is 5.04. The number of nitrogens with zero attached hydrogens (tertiary/aromatic N) is 2. The number of amides is 2. The van der Waals surface area contributed by atoms with Crippen molar-refractivity contribution in [2.24, 2.45) is 0 Å². The summed E-state index contributed by atoms with van der Waals surface area (Å²) in [6, 6.07) is 11.1. The Labute approximate surface area is 152 Å². The lowest BCUT2D eigenvalue weighted by molar-refractivity contribution is -0.141. The van der Waals surface area contributed by atoms with E-state index >= 15 is 0 Å². The molecular weight excluding hydrogens is 338 g/mol. The van der Waals surface area contributed by atoms with Crippen LogP contribution in [0.5, 0.6) is 0 Å². The standard InChI is InChI=1S/C19H20ClN3O2/c1-19(18(25)22-12-14-5-4-10-21-11-14)9-8-17(24)23(19)13-15-6-2-3-7-16(15)20/h2-7,10-11H,8-9,12-13H2,1H3,(H,22,25)/t19-/m0/s1. The third-order valence-electron chi connectivity index (χ3n) is 4.67. The Bertz CT molecular complexity index is 781. The Morgan fingerprint density at radius 2 is 2.12 bits per heavy atom. The van der Waals surface area contributed by atoms with E-state index in [-0.39, 0.29) is 11.8 Å². The molecule has 1 aromatic carbocycles. The van der Waals surface area contributed by atoms with Gasteiger partial charge in [0.05, 0.1) is 0 Å². The Morgan fingerprint density at radius 1 is 1.32 bits per heavy atom. The summed E-state index contributed by atoms with van der Waals surface area (Å²) >= 11 is 6.22. The van der Waals surface area contributed by atoms with Gasteiger partial charge in [-0.15, -0.1) is 0 Å². The molecule has 1 aliphatic rings. The first-order valence-corrected chi connectivity index (χ1v) is 8.59. The number of likely N-dealkylation sites (tertiary alicyclic amines) is 1. The second-order valence-electron chi connectivity index (χ2n) is 6.39. The van der Waals surface area contributed by atoms with E-state index in [1.165, 1.54) is 0 Å². The predicted octanol–water partition coefficient (Wildman–Crippen LogP) is 2.93. The van der Waals surface area contributed by atoms with Gasteiger partial charge < -0.3 is 10.2 Å². The number of benzene rings is 1. The van der Waals surface area contributed by atoms with Gasteiger partial charge in [-0.2, -0.15) is 0 Å². The number of nitrogens with one attached hydrogen (secondary N) is 1. The summed E-state index contributed by atoms with van der Waals surface area (Å²) < 4.78 is 0. The van der Waals surface area contributed by atoms with Gasteiger partial charge in [0.25, 0.3) is 0 Å². The zero-order valence-corrected chi connectivity index (χ0v) is 14.8. The second kappa shape index (κ2) is 7.23. The molecule has 0 unspecified atom stereocenters. The summed E-state index contributed by atoms with van der Waals surface area (Å²) in [5.41, 5.74) is 0.880. The molecule has 3 rings (SSSR count). The van der Waals surface area contributed by atoms with Gasteiger partial charge in [-0.25, -0.2) is 0 Å². The maximum atomic E-state index is 12.8. The SMILES string of the molecule is C[C@@]1(C(=O)NCc2cccnc2)CCC(=O)N1Cc1ccccc1Cl. The van der Waals surface area contributed by atoms with Gasteiger partial charge in [0.2, 0.25) is 11.8 Å². The minimum atomic E-state index is -0.877. The summed E-state index contributed by atoms with van der Waals surface area (Å²) in [5, 5.41) is 3.52. The molecule has 0 bridgehead atoms. The van der Waals surface area contributed by atoms with Gasteiger partial charge in [0, 0.05) is 36.9 Å². The molecule has 2 aromatic rings. The third kappa shape index (κ3) is 3.66. The van der Waals surface area contributed by atoms with Gasteiger partial charge in [-0.3, -0.25) is 14.6 Å². The zero-order valence-electron chi connectivity index (χ0n) is 14.0. The number of carbonyl (C=O) groups is 2. The van der Waals surface area contributed by atoms with Crippen molar-refractivity contribution in [3.05, 3.63) is 64.9 Å². The first-order chi connectivity index (χ1) is 12.0. The molecule has 25 heavy (non-hydrogen) atoms. The molecule has 1 saturated heterocycles. The van der Waals surface area contributed by atoms with E-state index < -0.39 is 5.54 Å². The van der Waals surface area contributed by atoms with Crippen LogP contribution in [0.15, 0.2) is 48.8 Å². The molecule has 1 fully saturated rings. The van der Waals surface area contributed by atoms with Crippen LogP contribution in [0.25, 0.3) is 0 Å². The highest BCUT2D eigenvalue weighted by molar-refractivity contribution is 6.31. The van der Waals surface area contributed by atoms with Crippen LogP contribution in [0, 0.1) is 0 Å². The Balaban J connectivity index is 1.74. The number of hydrogen-bond acceptors (Lipinski definition) is 3. The Morgan fingerprint density at radius 3 is 2.84 bits per heavy atom. The Hall–Kier alpha value is -2.40. The molecule has 0 saturated carbocycles. The normalized spacial score (nSPS) is 19.9. The van der Waals surface area contributed by atoms with Crippen LogP contribution >= 0.6 is 11.6 Å². The summed E-state index contributed by atoms with van der Waals surface area (Å²) in [6.45, 7) is 2.53. The van der Waals surface area contributed by atoms with Crippen LogP contribution in [-0.2, 0) is 22.7 Å². The molecule has 6 heteroatoms. The summed E-state index contributed by atoms with van der Waals surface area (Å²) in [4.78, 5) is 30.9. The van der Waals surface area contributed by atoms with E-state index in [4.69, 9.17) is 11.6 Å². The van der Waals surface area contributed by atoms with Crippen LogP contribution < -0.4 is 5.32 Å². The number of aromatic nitrogens is 1. The molecule has 0 spiro atoms. The van der Waals surface area contributed by atoms with Crippen LogP contribution in [-0.4, -0.2) is 27.2 Å². The van der Waals surface area contributed by atoms with E-state index in [0.29, 0.717) is 31.0 Å². The zero-order chi connectivity index (χ0) is 17.9. The van der Waals surface area contributed by atoms with E-state index in [2.05, 4.69) is 10.3 Å². The summed E-state index contributed by atoms with van der Waals surface area (Å²) in [5.74, 6) is -0.187. The highest BCUT2D eigenvalue weighted by Crippen LogP contribution is 2.33. The number of pyridine rings is 1. The van der Waals surface area contributed by atoms with E-state index in [1.54, 1.807) is 23.4 Å². The average molecular weight is 358 g/mol. The van der Waals surface area contributed by atoms with Crippen molar-refractivity contribution in [2.45, 2.75) is 38.4 Å². The largest absolute Gasteiger partial charge is 0.350 e. The Kier molecular flexibility index (Phi) is 5.04. The van der Waals surface area contributed by atoms with Crippen LogP contribution in [0.4, 0.5) is 0 Å². The topological polar surface area (TPSA) is 62.3 Å². The van der Waals surface area contributed by atoms with Gasteiger partial charge in [0.1, 0.15) is 5.54 Å². The average Bonchev–Trinajstić information content (AvgIpc) is 2.92. The van der Waals surface area contributed by atoms with Gasteiger partial charge in [0.15, 0.2) is 0 Å². The predicted molar refractivity (Wildman–Crippen MR) is 95.7 cm³/mol. The molecule has 2 amide bonds. The quantitative estimate of drug-likeness (QED) is 0.894. The van der Waals surface area contributed by atoms with Crippen LogP contribution in [0.3, 0.4) is 0 Å². The molecule has 1 atom stereocenters. The van der Waals surface area contributed by atoms with Crippen molar-refractivity contribution in [3.63, 3.8) is 0 Å². The molecule has 1 aromatic heterocycles. The molecule has 5 nitrogen and oxygen atoms in total. The molecule has 0 aliphatic carbocycles. The van der Waals surface area contributed by atoms with E-state index in [1.807, 2.05) is 37.3 Å². The van der Waals surface area contributed by atoms with Gasteiger partial charge >= 0.3 is 0 Å². The van der Waals surface area contributed by atoms with Crippen LogP contribution in [0.1, 0.15) is 30.9 Å². The highest BCUT2D eigenvalue weighted by Gasteiger charge is 2.47. The lowest BCUT2D eigenvalue weighted by Gasteiger charge is -2.34. The number of halogens is 1. The van der Waals surface area contributed by atoms with Gasteiger partial charge in [-0.05, 0) is 36.6 Å². The monoisotopic (exact) mass is 357 g/mol. The minimum absolute atomic E-state index is 0.0288. The van der Waals surface area contributed by atoms with Gasteiger partial charge in [-0.1, -0.05) is 35.9 Å². The fourth-order valence-corrected chi connectivity index (χ4v) is 3.26. The molecule has 0 radical (unpaired) electrons. The summed E-state index contributed by atoms with van der Waals surface area (Å²) in [6.07, 6.45) is 4.26. The maximum Gasteiger partial charge on any atom is 0.245 e. The van der Waals surface area contributed by atoms with Crippen molar-refractivity contribution in [3.8, 4) is 0 Å². The molecule has 2 heterocycles. The molecule has 1 N–H and O–H groups in total. The lowest BCUT2D eigenvalue weighted by atomic mass is 9.97. The smallest absolute Gasteiger partial charge is 0.245 e. The fraction of sp³-hybridized carbons (Fsp3) is 0.316. The fourth-order valence-electron chi connectivity index (χ4n) is 3.07. The number of rotatable bonds is 5. The summed E-state index contributed by atoms with van der Waals surface area (Å²) in [7, 11) is 0. The van der Waals surface area contributed by atoms with Crippen molar-refractivity contribution in [1.82, 2.24) is 15.2 Å². The first-order valence-electron chi connectivity index (χ1n) is 8.22. The van der Waals surface area contributed by atoms with Crippen molar-refractivity contribution >= 4 is 23.4 Å². The lowest BCUT2D eigenvalue weighted by Crippen LogP contribution is -2.53.